The van der Waals surface area contributed by atoms with Gasteiger partial charge < -0.3 is 25.0 Å². The minimum absolute atomic E-state index is 0.293. The molecule has 168 valence electrons. The highest BCUT2D eigenvalue weighted by molar-refractivity contribution is 7.14. The third-order valence-corrected chi connectivity index (χ3v) is 7.12. The van der Waals surface area contributed by atoms with E-state index in [0.29, 0.717) is 18.7 Å². The number of piperidine rings is 1. The fourth-order valence-corrected chi connectivity index (χ4v) is 5.21. The van der Waals surface area contributed by atoms with E-state index < -0.39 is 0 Å². The van der Waals surface area contributed by atoms with Gasteiger partial charge in [0.1, 0.15) is 0 Å². The minimum atomic E-state index is 0.293. The maximum Gasteiger partial charge on any atom is 0.191 e. The summed E-state index contributed by atoms with van der Waals surface area (Å²) in [5, 5.41) is 10.6. The summed E-state index contributed by atoms with van der Waals surface area (Å²) in [6, 6.07) is 10.9. The first-order valence-electron chi connectivity index (χ1n) is 11.3. The van der Waals surface area contributed by atoms with E-state index in [1.165, 1.54) is 17.8 Å². The van der Waals surface area contributed by atoms with Gasteiger partial charge in [-0.15, -0.1) is 11.3 Å². The number of hydrogen-bond donors (Lipinski definition) is 2. The van der Waals surface area contributed by atoms with E-state index in [1.807, 2.05) is 30.5 Å². The Morgan fingerprint density at radius 2 is 1.94 bits per heavy atom. The number of nitrogens with one attached hydrogen (secondary N) is 2. The lowest BCUT2D eigenvalue weighted by Crippen LogP contribution is -2.48. The molecule has 2 heterocycles. The molecular formula is C24H34N4O2S. The van der Waals surface area contributed by atoms with Crippen LogP contribution in [0.3, 0.4) is 0 Å². The number of aliphatic imine (C=N–C) groups is 1. The van der Waals surface area contributed by atoms with Gasteiger partial charge in [-0.05, 0) is 62.1 Å². The molecule has 0 spiro atoms. The van der Waals surface area contributed by atoms with Crippen molar-refractivity contribution in [2.45, 2.75) is 57.2 Å². The molecule has 2 aromatic rings. The van der Waals surface area contributed by atoms with E-state index in [4.69, 9.17) is 9.47 Å². The zero-order valence-electron chi connectivity index (χ0n) is 18.6. The van der Waals surface area contributed by atoms with E-state index in [0.717, 1.165) is 61.8 Å². The van der Waals surface area contributed by atoms with Crippen LogP contribution in [0.15, 0.2) is 40.7 Å². The van der Waals surface area contributed by atoms with Crippen molar-refractivity contribution in [1.82, 2.24) is 10.6 Å². The molecule has 0 atom stereocenters. The number of thiophene rings is 1. The molecule has 2 fully saturated rings. The SMILES string of the molecule is CN=C(NCc1cccc(OC)c1OC1CCCC1)NC1CCN(c2cccs2)CC1. The Morgan fingerprint density at radius 3 is 2.61 bits per heavy atom. The molecule has 2 N–H and O–H groups in total. The Hall–Kier alpha value is -2.41. The molecule has 6 nitrogen and oxygen atoms in total. The lowest BCUT2D eigenvalue weighted by atomic mass is 10.1. The van der Waals surface area contributed by atoms with E-state index in [-0.39, 0.29) is 0 Å². The summed E-state index contributed by atoms with van der Waals surface area (Å²) < 4.78 is 12.0. The van der Waals surface area contributed by atoms with Crippen molar-refractivity contribution in [3.8, 4) is 11.5 Å². The van der Waals surface area contributed by atoms with Gasteiger partial charge in [0.25, 0.3) is 0 Å². The van der Waals surface area contributed by atoms with Gasteiger partial charge in [-0.25, -0.2) is 0 Å². The number of hydrogen-bond acceptors (Lipinski definition) is 5. The van der Waals surface area contributed by atoms with E-state index in [1.54, 1.807) is 7.11 Å². The molecule has 0 bridgehead atoms. The fourth-order valence-electron chi connectivity index (χ4n) is 4.43. The summed E-state index contributed by atoms with van der Waals surface area (Å²) >= 11 is 1.82. The van der Waals surface area contributed by atoms with Gasteiger partial charge in [0, 0.05) is 38.3 Å². The van der Waals surface area contributed by atoms with Gasteiger partial charge in [-0.1, -0.05) is 12.1 Å². The molecule has 1 aliphatic heterocycles. The number of ether oxygens (including phenoxy) is 2. The highest BCUT2D eigenvalue weighted by Gasteiger charge is 2.22. The Bertz CT molecular complexity index is 841. The Balaban J connectivity index is 1.32. The summed E-state index contributed by atoms with van der Waals surface area (Å²) in [7, 11) is 3.54. The average Bonchev–Trinajstić information content (AvgIpc) is 3.52. The summed E-state index contributed by atoms with van der Waals surface area (Å²) in [5.74, 6) is 2.50. The van der Waals surface area contributed by atoms with E-state index >= 15 is 0 Å². The quantitative estimate of drug-likeness (QED) is 0.491. The summed E-state index contributed by atoms with van der Waals surface area (Å²) in [5.41, 5.74) is 1.10. The first-order chi connectivity index (χ1) is 15.3. The van der Waals surface area contributed by atoms with Crippen LogP contribution in [0.2, 0.25) is 0 Å². The molecule has 1 aliphatic carbocycles. The number of methoxy groups -OCH3 is 1. The van der Waals surface area contributed by atoms with Crippen LogP contribution in [0.4, 0.5) is 5.00 Å². The molecule has 1 aromatic heterocycles. The van der Waals surface area contributed by atoms with Crippen LogP contribution in [-0.4, -0.2) is 45.4 Å². The maximum atomic E-state index is 6.36. The average molecular weight is 443 g/mol. The van der Waals surface area contributed by atoms with Crippen LogP contribution in [0.1, 0.15) is 44.1 Å². The van der Waals surface area contributed by atoms with Crippen LogP contribution in [-0.2, 0) is 6.54 Å². The molecule has 7 heteroatoms. The summed E-state index contributed by atoms with van der Waals surface area (Å²) in [6.07, 6.45) is 7.24. The van der Waals surface area contributed by atoms with Crippen LogP contribution in [0.5, 0.6) is 11.5 Å². The lowest BCUT2D eigenvalue weighted by molar-refractivity contribution is 0.198. The smallest absolute Gasteiger partial charge is 0.191 e. The predicted octanol–water partition coefficient (Wildman–Crippen LogP) is 4.41. The van der Waals surface area contributed by atoms with Crippen LogP contribution in [0, 0.1) is 0 Å². The summed E-state index contributed by atoms with van der Waals surface area (Å²) in [6.45, 7) is 2.79. The van der Waals surface area contributed by atoms with Gasteiger partial charge in [0.2, 0.25) is 0 Å². The van der Waals surface area contributed by atoms with Crippen LogP contribution < -0.4 is 25.0 Å². The molecule has 0 radical (unpaired) electrons. The van der Waals surface area contributed by atoms with Crippen molar-refractivity contribution in [3.63, 3.8) is 0 Å². The van der Waals surface area contributed by atoms with Gasteiger partial charge in [-0.3, -0.25) is 4.99 Å². The largest absolute Gasteiger partial charge is 0.493 e. The van der Waals surface area contributed by atoms with Gasteiger partial charge in [-0.2, -0.15) is 0 Å². The molecule has 1 saturated carbocycles. The van der Waals surface area contributed by atoms with Crippen molar-refractivity contribution in [2.24, 2.45) is 4.99 Å². The minimum Gasteiger partial charge on any atom is -0.493 e. The Kier molecular flexibility index (Phi) is 7.57. The number of benzene rings is 1. The highest BCUT2D eigenvalue weighted by atomic mass is 32.1. The zero-order chi connectivity index (χ0) is 21.5. The Morgan fingerprint density at radius 1 is 1.13 bits per heavy atom. The van der Waals surface area contributed by atoms with Crippen molar-refractivity contribution in [2.75, 3.05) is 32.1 Å². The molecular weight excluding hydrogens is 408 g/mol. The second kappa shape index (κ2) is 10.8. The fraction of sp³-hybridized carbons (Fsp3) is 0.542. The van der Waals surface area contributed by atoms with Gasteiger partial charge in [0.15, 0.2) is 17.5 Å². The predicted molar refractivity (Wildman–Crippen MR) is 129 cm³/mol. The Labute approximate surface area is 189 Å². The molecule has 4 rings (SSSR count). The number of nitrogens with zero attached hydrogens (tertiary/aromatic N) is 2. The summed E-state index contributed by atoms with van der Waals surface area (Å²) in [4.78, 5) is 6.93. The normalized spacial score (nSPS) is 18.3. The molecule has 31 heavy (non-hydrogen) atoms. The monoisotopic (exact) mass is 442 g/mol. The molecule has 0 unspecified atom stereocenters. The molecule has 0 amide bonds. The van der Waals surface area contributed by atoms with Gasteiger partial charge >= 0.3 is 0 Å². The third-order valence-electron chi connectivity index (χ3n) is 6.19. The first-order valence-corrected chi connectivity index (χ1v) is 12.2. The first kappa shape index (κ1) is 21.8. The standard InChI is InChI=1S/C24H34N4O2S/c1-25-24(27-19-12-14-28(15-13-19)22-11-6-16-31-22)26-17-18-7-5-10-21(29-2)23(18)30-20-8-3-4-9-20/h5-7,10-11,16,19-20H,3-4,8-9,12-15,17H2,1-2H3,(H2,25,26,27). The van der Waals surface area contributed by atoms with Crippen molar-refractivity contribution >= 4 is 22.3 Å². The van der Waals surface area contributed by atoms with E-state index in [2.05, 4.69) is 44.1 Å². The number of rotatable bonds is 7. The second-order valence-corrected chi connectivity index (χ2v) is 9.18. The number of anilines is 1. The van der Waals surface area contributed by atoms with Crippen molar-refractivity contribution in [1.29, 1.82) is 0 Å². The van der Waals surface area contributed by atoms with Gasteiger partial charge in [0.05, 0.1) is 18.2 Å². The third kappa shape index (κ3) is 5.64. The van der Waals surface area contributed by atoms with Crippen LogP contribution in [0.25, 0.3) is 0 Å². The lowest BCUT2D eigenvalue weighted by Gasteiger charge is -2.33. The molecule has 1 saturated heterocycles. The molecule has 2 aliphatic rings. The zero-order valence-corrected chi connectivity index (χ0v) is 19.4. The van der Waals surface area contributed by atoms with Crippen molar-refractivity contribution in [3.05, 3.63) is 41.3 Å². The number of para-hydroxylation sites is 1. The van der Waals surface area contributed by atoms with Crippen molar-refractivity contribution < 1.29 is 9.47 Å². The van der Waals surface area contributed by atoms with Crippen LogP contribution >= 0.6 is 11.3 Å². The van der Waals surface area contributed by atoms with E-state index in [9.17, 15) is 0 Å². The highest BCUT2D eigenvalue weighted by Crippen LogP contribution is 2.34. The second-order valence-electron chi connectivity index (χ2n) is 8.26. The number of guanidine groups is 1. The molecule has 1 aromatic carbocycles. The maximum absolute atomic E-state index is 6.36. The topological polar surface area (TPSA) is 58.1 Å².